The van der Waals surface area contributed by atoms with E-state index < -0.39 is 23.7 Å². The number of likely N-dealkylation sites (N-methyl/N-ethyl adjacent to an activating group) is 1. The molecule has 2 unspecified atom stereocenters. The highest BCUT2D eigenvalue weighted by Crippen LogP contribution is 2.37. The Kier molecular flexibility index (Phi) is 11.9. The molecule has 1 saturated carbocycles. The van der Waals surface area contributed by atoms with Crippen LogP contribution in [0.2, 0.25) is 5.02 Å². The van der Waals surface area contributed by atoms with Gasteiger partial charge in [0.2, 0.25) is 0 Å². The Hall–Kier alpha value is -2.17. The standard InChI is InChI=1S/C27H41ClF2N4O4/c1-31-17-20(16-27(30)11-4-3-5-12-27)33-25(35)34-14-7-8-19(18-34)24(38-15-13-32-26(36)37-2)21-9-6-10-22(28)23(21)29/h6,9-10,19-20,24,31H,3-5,7-8,11-18H2,1-2H3,(H,32,36)(H,33,35)/t19-,20?,24?/m1/s1. The first-order valence-electron chi connectivity index (χ1n) is 13.5. The number of urea groups is 1. The quantitative estimate of drug-likeness (QED) is 0.334. The van der Waals surface area contributed by atoms with E-state index in [2.05, 4.69) is 20.7 Å². The highest BCUT2D eigenvalue weighted by molar-refractivity contribution is 6.30. The third kappa shape index (κ3) is 8.68. The van der Waals surface area contributed by atoms with Crippen LogP contribution in [-0.2, 0) is 9.47 Å². The lowest BCUT2D eigenvalue weighted by Crippen LogP contribution is -2.53. The molecular weight excluding hydrogens is 518 g/mol. The van der Waals surface area contributed by atoms with Gasteiger partial charge in [-0.15, -0.1) is 0 Å². The number of carbonyl (C=O) groups is 2. The minimum atomic E-state index is -1.25. The zero-order valence-corrected chi connectivity index (χ0v) is 23.1. The van der Waals surface area contributed by atoms with Crippen molar-refractivity contribution in [3.05, 3.63) is 34.6 Å². The molecule has 38 heavy (non-hydrogen) atoms. The average Bonchev–Trinajstić information content (AvgIpc) is 2.91. The van der Waals surface area contributed by atoms with Gasteiger partial charge in [0.15, 0.2) is 0 Å². The average molecular weight is 559 g/mol. The van der Waals surface area contributed by atoms with E-state index in [4.69, 9.17) is 16.3 Å². The summed E-state index contributed by atoms with van der Waals surface area (Å²) in [5.41, 5.74) is -0.939. The third-order valence-corrected chi connectivity index (χ3v) is 7.75. The molecule has 0 bridgehead atoms. The number of nitrogens with one attached hydrogen (secondary N) is 3. The first-order chi connectivity index (χ1) is 18.3. The van der Waals surface area contributed by atoms with Crippen molar-refractivity contribution in [2.24, 2.45) is 5.92 Å². The molecule has 11 heteroatoms. The van der Waals surface area contributed by atoms with Gasteiger partial charge in [-0.2, -0.15) is 0 Å². The van der Waals surface area contributed by atoms with Crippen molar-refractivity contribution < 1.29 is 27.8 Å². The van der Waals surface area contributed by atoms with Crippen LogP contribution in [0.3, 0.4) is 0 Å². The van der Waals surface area contributed by atoms with E-state index in [0.29, 0.717) is 44.5 Å². The molecule has 3 amide bonds. The molecule has 2 aliphatic rings. The number of halogens is 3. The van der Waals surface area contributed by atoms with Crippen LogP contribution in [-0.4, -0.2) is 75.7 Å². The summed E-state index contributed by atoms with van der Waals surface area (Å²) >= 11 is 6.06. The summed E-state index contributed by atoms with van der Waals surface area (Å²) in [6, 6.07) is 4.18. The largest absolute Gasteiger partial charge is 0.453 e. The molecule has 1 aliphatic carbocycles. The number of piperidine rings is 1. The predicted octanol–water partition coefficient (Wildman–Crippen LogP) is 4.96. The van der Waals surface area contributed by atoms with E-state index in [1.54, 1.807) is 24.1 Å². The number of methoxy groups -OCH3 is 1. The number of likely N-dealkylation sites (tertiary alicyclic amines) is 1. The molecular formula is C27H41ClF2N4O4. The fourth-order valence-corrected chi connectivity index (χ4v) is 5.77. The molecule has 3 rings (SSSR count). The first-order valence-corrected chi connectivity index (χ1v) is 13.9. The van der Waals surface area contributed by atoms with Crippen LogP contribution in [0, 0.1) is 11.7 Å². The maximum absolute atomic E-state index is 15.4. The number of ether oxygens (including phenoxy) is 2. The van der Waals surface area contributed by atoms with Crippen LogP contribution in [0.25, 0.3) is 0 Å². The van der Waals surface area contributed by atoms with E-state index in [9.17, 15) is 9.59 Å². The number of rotatable bonds is 11. The highest BCUT2D eigenvalue weighted by Gasteiger charge is 2.37. The van der Waals surface area contributed by atoms with Crippen molar-refractivity contribution in [1.29, 1.82) is 0 Å². The lowest BCUT2D eigenvalue weighted by molar-refractivity contribution is -0.0107. The van der Waals surface area contributed by atoms with Crippen LogP contribution in [0.1, 0.15) is 63.0 Å². The topological polar surface area (TPSA) is 91.9 Å². The highest BCUT2D eigenvalue weighted by atomic mass is 35.5. The summed E-state index contributed by atoms with van der Waals surface area (Å²) in [4.78, 5) is 26.4. The Morgan fingerprint density at radius 1 is 1.24 bits per heavy atom. The Morgan fingerprint density at radius 3 is 2.71 bits per heavy atom. The second kappa shape index (κ2) is 14.8. The first kappa shape index (κ1) is 30.4. The molecule has 3 N–H and O–H groups in total. The van der Waals surface area contributed by atoms with Crippen LogP contribution in [0.4, 0.5) is 18.4 Å². The van der Waals surface area contributed by atoms with Gasteiger partial charge in [0, 0.05) is 50.1 Å². The van der Waals surface area contributed by atoms with Crippen LogP contribution < -0.4 is 16.0 Å². The van der Waals surface area contributed by atoms with Gasteiger partial charge >= 0.3 is 12.1 Å². The Morgan fingerprint density at radius 2 is 2.00 bits per heavy atom. The molecule has 1 aromatic carbocycles. The van der Waals surface area contributed by atoms with Gasteiger partial charge in [-0.1, -0.05) is 43.0 Å². The summed E-state index contributed by atoms with van der Waals surface area (Å²) in [6.07, 6.45) is 4.33. The summed E-state index contributed by atoms with van der Waals surface area (Å²) in [5.74, 6) is -0.759. The summed E-state index contributed by atoms with van der Waals surface area (Å²) in [5, 5.41) is 8.65. The van der Waals surface area contributed by atoms with Gasteiger partial charge in [-0.3, -0.25) is 0 Å². The Labute approximate surface area is 229 Å². The summed E-state index contributed by atoms with van der Waals surface area (Å²) < 4.78 is 41.1. The number of benzene rings is 1. The molecule has 2 fully saturated rings. The molecule has 0 radical (unpaired) electrons. The monoisotopic (exact) mass is 558 g/mol. The van der Waals surface area contributed by atoms with E-state index in [0.717, 1.165) is 25.7 Å². The van der Waals surface area contributed by atoms with E-state index in [-0.39, 0.29) is 42.6 Å². The smallest absolute Gasteiger partial charge is 0.406 e. The predicted molar refractivity (Wildman–Crippen MR) is 143 cm³/mol. The van der Waals surface area contributed by atoms with Crippen molar-refractivity contribution in [2.45, 2.75) is 69.2 Å². The number of nitrogens with zero attached hydrogens (tertiary/aromatic N) is 1. The van der Waals surface area contributed by atoms with Crippen LogP contribution in [0.5, 0.6) is 0 Å². The fourth-order valence-electron chi connectivity index (χ4n) is 5.59. The number of alkyl halides is 1. The minimum absolute atomic E-state index is 0.00744. The molecule has 1 aliphatic heterocycles. The van der Waals surface area contributed by atoms with Crippen molar-refractivity contribution in [3.8, 4) is 0 Å². The summed E-state index contributed by atoms with van der Waals surface area (Å²) in [7, 11) is 3.06. The van der Waals surface area contributed by atoms with Crippen molar-refractivity contribution in [2.75, 3.05) is 46.9 Å². The molecule has 8 nitrogen and oxygen atoms in total. The lowest BCUT2D eigenvalue weighted by atomic mass is 9.82. The lowest BCUT2D eigenvalue weighted by Gasteiger charge is -2.38. The molecule has 1 saturated heterocycles. The number of hydrogen-bond acceptors (Lipinski definition) is 5. The molecule has 0 spiro atoms. The van der Waals surface area contributed by atoms with E-state index >= 15 is 8.78 Å². The molecule has 1 aromatic rings. The molecule has 214 valence electrons. The zero-order valence-electron chi connectivity index (χ0n) is 22.4. The van der Waals surface area contributed by atoms with Gasteiger partial charge < -0.3 is 30.3 Å². The van der Waals surface area contributed by atoms with Crippen LogP contribution in [0.15, 0.2) is 18.2 Å². The van der Waals surface area contributed by atoms with Gasteiger partial charge in [0.25, 0.3) is 0 Å². The number of carbonyl (C=O) groups excluding carboxylic acids is 2. The molecule has 3 atom stereocenters. The minimum Gasteiger partial charge on any atom is -0.453 e. The Bertz CT molecular complexity index is 919. The number of amides is 3. The third-order valence-electron chi connectivity index (χ3n) is 7.46. The van der Waals surface area contributed by atoms with Gasteiger partial charge in [-0.05, 0) is 38.8 Å². The van der Waals surface area contributed by atoms with Crippen molar-refractivity contribution in [3.63, 3.8) is 0 Å². The second-order valence-corrected chi connectivity index (χ2v) is 10.7. The Balaban J connectivity index is 1.68. The van der Waals surface area contributed by atoms with Gasteiger partial charge in [0.05, 0.1) is 24.8 Å². The van der Waals surface area contributed by atoms with Crippen molar-refractivity contribution in [1.82, 2.24) is 20.9 Å². The summed E-state index contributed by atoms with van der Waals surface area (Å²) in [6.45, 7) is 1.67. The van der Waals surface area contributed by atoms with E-state index in [1.165, 1.54) is 13.2 Å². The van der Waals surface area contributed by atoms with Crippen molar-refractivity contribution >= 4 is 23.7 Å². The molecule has 0 aromatic heterocycles. The fraction of sp³-hybridized carbons (Fsp3) is 0.704. The normalized spacial score (nSPS) is 20.9. The van der Waals surface area contributed by atoms with Gasteiger partial charge in [0.1, 0.15) is 11.5 Å². The van der Waals surface area contributed by atoms with Gasteiger partial charge in [-0.25, -0.2) is 18.4 Å². The SMILES string of the molecule is CNCC(CC1(F)CCCCC1)NC(=O)N1CCC[C@@H](C(OCCNC(=O)OC)c2cccc(Cl)c2F)C1. The zero-order chi connectivity index (χ0) is 27.5. The molecule has 1 heterocycles. The second-order valence-electron chi connectivity index (χ2n) is 10.3. The van der Waals surface area contributed by atoms with E-state index in [1.807, 2.05) is 0 Å². The number of hydrogen-bond donors (Lipinski definition) is 3. The maximum atomic E-state index is 15.4. The van der Waals surface area contributed by atoms with Crippen LogP contribution >= 0.6 is 11.6 Å². The maximum Gasteiger partial charge on any atom is 0.406 e. The number of alkyl carbamates (subject to hydrolysis) is 1.